The zero-order valence-electron chi connectivity index (χ0n) is 17.6. The first-order chi connectivity index (χ1) is 15.7. The Hall–Kier alpha value is -4.19. The van der Waals surface area contributed by atoms with Gasteiger partial charge in [-0.3, -0.25) is 14.4 Å². The SMILES string of the molecule is NC(=O)CC(NC(=O)C(Cc1cnc[nH]1)NC(=O)C(N)Cc1c[nH]c2ccccc12)C(=O)O. The van der Waals surface area contributed by atoms with Crippen LogP contribution in [-0.4, -0.2) is 61.9 Å². The number of carboxylic acid groups (broad SMARTS) is 1. The number of aliphatic carboxylic acids is 1. The normalized spacial score (nSPS) is 13.7. The Balaban J connectivity index is 1.71. The van der Waals surface area contributed by atoms with Gasteiger partial charge in [0.15, 0.2) is 0 Å². The highest BCUT2D eigenvalue weighted by molar-refractivity contribution is 5.93. The molecular formula is C21H25N7O5. The van der Waals surface area contributed by atoms with E-state index in [1.165, 1.54) is 12.5 Å². The summed E-state index contributed by atoms with van der Waals surface area (Å²) >= 11 is 0. The largest absolute Gasteiger partial charge is 0.480 e. The number of para-hydroxylation sites is 1. The first-order valence-corrected chi connectivity index (χ1v) is 10.1. The quantitative estimate of drug-likeness (QED) is 0.190. The van der Waals surface area contributed by atoms with Gasteiger partial charge in [-0.2, -0.15) is 0 Å². The number of imidazole rings is 1. The van der Waals surface area contributed by atoms with E-state index in [0.29, 0.717) is 5.69 Å². The number of carbonyl (C=O) groups is 4. The van der Waals surface area contributed by atoms with Gasteiger partial charge in [0.05, 0.1) is 18.8 Å². The minimum absolute atomic E-state index is 0.000287. The van der Waals surface area contributed by atoms with E-state index in [9.17, 15) is 24.3 Å². The Morgan fingerprint density at radius 3 is 2.42 bits per heavy atom. The molecule has 1 aromatic carbocycles. The van der Waals surface area contributed by atoms with E-state index in [-0.39, 0.29) is 12.8 Å². The van der Waals surface area contributed by atoms with Crippen LogP contribution in [0.25, 0.3) is 10.9 Å². The first-order valence-electron chi connectivity index (χ1n) is 10.1. The molecule has 12 heteroatoms. The number of hydrogen-bond acceptors (Lipinski definition) is 6. The van der Waals surface area contributed by atoms with Crippen LogP contribution < -0.4 is 22.1 Å². The Kier molecular flexibility index (Phi) is 7.41. The van der Waals surface area contributed by atoms with Crippen molar-refractivity contribution in [2.75, 3.05) is 0 Å². The number of nitrogens with two attached hydrogens (primary N) is 2. The van der Waals surface area contributed by atoms with Crippen molar-refractivity contribution in [1.82, 2.24) is 25.6 Å². The van der Waals surface area contributed by atoms with Crippen molar-refractivity contribution in [1.29, 1.82) is 0 Å². The van der Waals surface area contributed by atoms with E-state index >= 15 is 0 Å². The summed E-state index contributed by atoms with van der Waals surface area (Å²) in [5.74, 6) is -3.71. The zero-order chi connectivity index (χ0) is 24.0. The van der Waals surface area contributed by atoms with Crippen molar-refractivity contribution in [2.24, 2.45) is 11.5 Å². The number of fused-ring (bicyclic) bond motifs is 1. The summed E-state index contributed by atoms with van der Waals surface area (Å²) in [5, 5.41) is 15.0. The van der Waals surface area contributed by atoms with Crippen LogP contribution in [0.5, 0.6) is 0 Å². The summed E-state index contributed by atoms with van der Waals surface area (Å²) in [7, 11) is 0. The summed E-state index contributed by atoms with van der Waals surface area (Å²) in [6.07, 6.45) is 4.27. The van der Waals surface area contributed by atoms with Gasteiger partial charge in [-0.15, -0.1) is 0 Å². The van der Waals surface area contributed by atoms with Crippen LogP contribution in [-0.2, 0) is 32.0 Å². The number of amides is 3. The van der Waals surface area contributed by atoms with Crippen molar-refractivity contribution in [2.45, 2.75) is 37.4 Å². The smallest absolute Gasteiger partial charge is 0.326 e. The third-order valence-electron chi connectivity index (χ3n) is 5.08. The number of H-pyrrole nitrogens is 2. The molecule has 12 nitrogen and oxygen atoms in total. The lowest BCUT2D eigenvalue weighted by Gasteiger charge is -2.22. The minimum Gasteiger partial charge on any atom is -0.480 e. The molecule has 0 aliphatic heterocycles. The van der Waals surface area contributed by atoms with Gasteiger partial charge in [-0.25, -0.2) is 9.78 Å². The van der Waals surface area contributed by atoms with E-state index in [0.717, 1.165) is 16.5 Å². The van der Waals surface area contributed by atoms with E-state index in [1.54, 1.807) is 6.20 Å². The van der Waals surface area contributed by atoms with Gasteiger partial charge >= 0.3 is 5.97 Å². The summed E-state index contributed by atoms with van der Waals surface area (Å²) in [6, 6.07) is 3.91. The summed E-state index contributed by atoms with van der Waals surface area (Å²) < 4.78 is 0. The number of nitrogens with zero attached hydrogens (tertiary/aromatic N) is 1. The lowest BCUT2D eigenvalue weighted by Crippen LogP contribution is -2.56. The Bertz CT molecular complexity index is 1140. The molecule has 174 valence electrons. The van der Waals surface area contributed by atoms with Crippen molar-refractivity contribution >= 4 is 34.6 Å². The monoisotopic (exact) mass is 455 g/mol. The van der Waals surface area contributed by atoms with Crippen LogP contribution in [0.1, 0.15) is 17.7 Å². The van der Waals surface area contributed by atoms with Gasteiger partial charge in [0.2, 0.25) is 17.7 Å². The van der Waals surface area contributed by atoms with Crippen LogP contribution in [0.2, 0.25) is 0 Å². The van der Waals surface area contributed by atoms with Crippen molar-refractivity contribution in [3.8, 4) is 0 Å². The molecule has 0 radical (unpaired) electrons. The topological polar surface area (TPSA) is 209 Å². The standard InChI is InChI=1S/C21H25N7O5/c22-14(5-11-8-25-15-4-2-1-3-13(11)15)19(30)27-16(6-12-9-24-10-26-12)20(31)28-17(21(32)33)7-18(23)29/h1-4,8-10,14,16-17,25H,5-7,22H2,(H2,23,29)(H,24,26)(H,27,30)(H,28,31)(H,32,33). The molecule has 3 aromatic rings. The molecule has 3 amide bonds. The van der Waals surface area contributed by atoms with Crippen LogP contribution in [0, 0.1) is 0 Å². The number of primary amides is 1. The molecule has 3 unspecified atom stereocenters. The van der Waals surface area contributed by atoms with E-state index in [4.69, 9.17) is 11.5 Å². The Morgan fingerprint density at radius 2 is 1.76 bits per heavy atom. The number of carbonyl (C=O) groups excluding carboxylic acids is 3. The van der Waals surface area contributed by atoms with Gasteiger partial charge < -0.3 is 37.2 Å². The van der Waals surface area contributed by atoms with Gasteiger partial charge in [0.25, 0.3) is 0 Å². The maximum atomic E-state index is 12.8. The Morgan fingerprint density at radius 1 is 1.03 bits per heavy atom. The highest BCUT2D eigenvalue weighted by Gasteiger charge is 2.29. The summed E-state index contributed by atoms with van der Waals surface area (Å²) in [6.45, 7) is 0. The van der Waals surface area contributed by atoms with E-state index < -0.39 is 48.2 Å². The molecule has 9 N–H and O–H groups in total. The number of rotatable bonds is 11. The fourth-order valence-corrected chi connectivity index (χ4v) is 3.41. The Labute approximate surface area is 188 Å². The highest BCUT2D eigenvalue weighted by Crippen LogP contribution is 2.18. The average Bonchev–Trinajstić information content (AvgIpc) is 3.42. The van der Waals surface area contributed by atoms with Gasteiger partial charge in [-0.05, 0) is 18.1 Å². The van der Waals surface area contributed by atoms with E-state index in [2.05, 4.69) is 25.6 Å². The molecule has 2 heterocycles. The summed E-state index contributed by atoms with van der Waals surface area (Å²) in [5.41, 5.74) is 13.4. The average molecular weight is 455 g/mol. The predicted octanol–water partition coefficient (Wildman–Crippen LogP) is -1.07. The number of nitrogens with one attached hydrogen (secondary N) is 4. The first kappa shape index (κ1) is 23.5. The molecule has 0 aliphatic rings. The van der Waals surface area contributed by atoms with Crippen LogP contribution in [0.3, 0.4) is 0 Å². The molecular weight excluding hydrogens is 430 g/mol. The van der Waals surface area contributed by atoms with Crippen LogP contribution >= 0.6 is 0 Å². The van der Waals surface area contributed by atoms with Crippen molar-refractivity contribution < 1.29 is 24.3 Å². The van der Waals surface area contributed by atoms with E-state index in [1.807, 2.05) is 24.3 Å². The van der Waals surface area contributed by atoms with Crippen LogP contribution in [0.15, 0.2) is 43.0 Å². The molecule has 3 atom stereocenters. The lowest BCUT2D eigenvalue weighted by atomic mass is 10.0. The number of benzene rings is 1. The fraction of sp³-hybridized carbons (Fsp3) is 0.286. The maximum Gasteiger partial charge on any atom is 0.326 e. The van der Waals surface area contributed by atoms with Crippen molar-refractivity contribution in [3.63, 3.8) is 0 Å². The predicted molar refractivity (Wildman–Crippen MR) is 118 cm³/mol. The molecule has 3 rings (SSSR count). The molecule has 0 aliphatic carbocycles. The van der Waals surface area contributed by atoms with Gasteiger partial charge in [0, 0.05) is 35.4 Å². The zero-order valence-corrected chi connectivity index (χ0v) is 17.6. The second-order valence-electron chi connectivity index (χ2n) is 7.58. The number of carboxylic acids is 1. The summed E-state index contributed by atoms with van der Waals surface area (Å²) in [4.78, 5) is 57.9. The van der Waals surface area contributed by atoms with Crippen LogP contribution in [0.4, 0.5) is 0 Å². The number of aromatic nitrogens is 3. The second kappa shape index (κ2) is 10.4. The molecule has 0 spiro atoms. The molecule has 33 heavy (non-hydrogen) atoms. The van der Waals surface area contributed by atoms with Gasteiger partial charge in [-0.1, -0.05) is 18.2 Å². The maximum absolute atomic E-state index is 12.8. The lowest BCUT2D eigenvalue weighted by molar-refractivity contribution is -0.143. The minimum atomic E-state index is -1.53. The number of aromatic amines is 2. The molecule has 0 saturated heterocycles. The number of hydrogen-bond donors (Lipinski definition) is 7. The third kappa shape index (κ3) is 6.17. The van der Waals surface area contributed by atoms with Gasteiger partial charge in [0.1, 0.15) is 12.1 Å². The second-order valence-corrected chi connectivity index (χ2v) is 7.58. The highest BCUT2D eigenvalue weighted by atomic mass is 16.4. The fourth-order valence-electron chi connectivity index (χ4n) is 3.41. The molecule has 0 fully saturated rings. The third-order valence-corrected chi connectivity index (χ3v) is 5.08. The molecule has 0 bridgehead atoms. The van der Waals surface area contributed by atoms with Crippen molar-refractivity contribution in [3.05, 3.63) is 54.2 Å². The molecule has 2 aromatic heterocycles. The molecule has 0 saturated carbocycles.